The van der Waals surface area contributed by atoms with Crippen molar-refractivity contribution in [2.24, 2.45) is 0 Å². The van der Waals surface area contributed by atoms with Crippen LogP contribution in [0.4, 0.5) is 0 Å². The van der Waals surface area contributed by atoms with Crippen LogP contribution >= 0.6 is 0 Å². The number of rotatable bonds is 8. The van der Waals surface area contributed by atoms with E-state index in [4.69, 9.17) is 4.74 Å². The van der Waals surface area contributed by atoms with Crippen molar-refractivity contribution in [1.82, 2.24) is 10.2 Å². The Labute approximate surface area is 122 Å². The van der Waals surface area contributed by atoms with E-state index in [0.717, 1.165) is 30.7 Å². The van der Waals surface area contributed by atoms with Gasteiger partial charge in [0.2, 0.25) is 5.91 Å². The highest BCUT2D eigenvalue weighted by Crippen LogP contribution is 2.20. The molecule has 1 aromatic carbocycles. The van der Waals surface area contributed by atoms with E-state index in [1.54, 1.807) is 12.0 Å². The molecule has 4 heteroatoms. The van der Waals surface area contributed by atoms with Gasteiger partial charge in [-0.05, 0) is 37.9 Å². The van der Waals surface area contributed by atoms with Gasteiger partial charge in [0.1, 0.15) is 5.75 Å². The summed E-state index contributed by atoms with van der Waals surface area (Å²) in [7, 11) is 3.53. The number of hydrogen-bond acceptors (Lipinski definition) is 3. The number of hydrogen-bond donors (Lipinski definition) is 1. The minimum absolute atomic E-state index is 0.126. The first kappa shape index (κ1) is 16.5. The molecule has 0 aliphatic heterocycles. The maximum absolute atomic E-state index is 12.0. The van der Waals surface area contributed by atoms with Crippen LogP contribution in [0.25, 0.3) is 0 Å². The van der Waals surface area contributed by atoms with Gasteiger partial charge in [0.05, 0.1) is 13.7 Å². The number of nitrogens with zero attached hydrogens (tertiary/aromatic N) is 1. The average Bonchev–Trinajstić information content (AvgIpc) is 2.47. The quantitative estimate of drug-likeness (QED) is 0.740. The SMILES string of the molecule is CCCNCC(=O)N(C)C(C)Cc1ccccc1OC. The van der Waals surface area contributed by atoms with Crippen molar-refractivity contribution < 1.29 is 9.53 Å². The van der Waals surface area contributed by atoms with Gasteiger partial charge in [-0.15, -0.1) is 0 Å². The summed E-state index contributed by atoms with van der Waals surface area (Å²) in [5, 5.41) is 3.14. The lowest BCUT2D eigenvalue weighted by Gasteiger charge is -2.26. The van der Waals surface area contributed by atoms with E-state index in [-0.39, 0.29) is 11.9 Å². The highest BCUT2D eigenvalue weighted by atomic mass is 16.5. The fraction of sp³-hybridized carbons (Fsp3) is 0.562. The largest absolute Gasteiger partial charge is 0.496 e. The summed E-state index contributed by atoms with van der Waals surface area (Å²) in [6.45, 7) is 5.43. The molecule has 112 valence electrons. The van der Waals surface area contributed by atoms with Crippen molar-refractivity contribution in [2.75, 3.05) is 27.2 Å². The monoisotopic (exact) mass is 278 g/mol. The van der Waals surface area contributed by atoms with Crippen LogP contribution < -0.4 is 10.1 Å². The highest BCUT2D eigenvalue weighted by molar-refractivity contribution is 5.78. The maximum atomic E-state index is 12.0. The van der Waals surface area contributed by atoms with Crippen LogP contribution in [-0.4, -0.2) is 44.1 Å². The van der Waals surface area contributed by atoms with Crippen molar-refractivity contribution in [3.63, 3.8) is 0 Å². The van der Waals surface area contributed by atoms with Crippen molar-refractivity contribution in [2.45, 2.75) is 32.7 Å². The summed E-state index contributed by atoms with van der Waals surface area (Å²) in [6, 6.07) is 8.09. The minimum Gasteiger partial charge on any atom is -0.496 e. The predicted molar refractivity (Wildman–Crippen MR) is 82.1 cm³/mol. The average molecular weight is 278 g/mol. The predicted octanol–water partition coefficient (Wildman–Crippen LogP) is 2.08. The summed E-state index contributed by atoms with van der Waals surface area (Å²) in [4.78, 5) is 13.8. The van der Waals surface area contributed by atoms with Crippen LogP contribution in [0.2, 0.25) is 0 Å². The van der Waals surface area contributed by atoms with Crippen LogP contribution in [-0.2, 0) is 11.2 Å². The Morgan fingerprint density at radius 2 is 2.10 bits per heavy atom. The molecule has 4 nitrogen and oxygen atoms in total. The van der Waals surface area contributed by atoms with Gasteiger partial charge < -0.3 is 15.0 Å². The number of nitrogens with one attached hydrogen (secondary N) is 1. The minimum atomic E-state index is 0.126. The zero-order chi connectivity index (χ0) is 15.0. The lowest BCUT2D eigenvalue weighted by atomic mass is 10.1. The first-order chi connectivity index (χ1) is 9.60. The number of methoxy groups -OCH3 is 1. The van der Waals surface area contributed by atoms with Gasteiger partial charge in [-0.3, -0.25) is 4.79 Å². The third kappa shape index (κ3) is 4.85. The fourth-order valence-corrected chi connectivity index (χ4v) is 2.07. The lowest BCUT2D eigenvalue weighted by molar-refractivity contribution is -0.130. The number of carbonyl (C=O) groups excluding carboxylic acids is 1. The van der Waals surface area contributed by atoms with Crippen LogP contribution in [0.5, 0.6) is 5.75 Å². The van der Waals surface area contributed by atoms with Crippen LogP contribution in [0.1, 0.15) is 25.8 Å². The normalized spacial score (nSPS) is 12.0. The lowest BCUT2D eigenvalue weighted by Crippen LogP contribution is -2.41. The molecule has 0 saturated heterocycles. The van der Waals surface area contributed by atoms with Gasteiger partial charge in [-0.25, -0.2) is 0 Å². The number of amides is 1. The molecule has 1 aromatic rings. The van der Waals surface area contributed by atoms with Crippen LogP contribution in [0, 0.1) is 0 Å². The Bertz CT molecular complexity index is 421. The summed E-state index contributed by atoms with van der Waals surface area (Å²) in [5.74, 6) is 1.00. The number of benzene rings is 1. The van der Waals surface area contributed by atoms with Gasteiger partial charge in [-0.2, -0.15) is 0 Å². The molecule has 1 unspecified atom stereocenters. The third-order valence-electron chi connectivity index (χ3n) is 3.47. The molecule has 0 saturated carbocycles. The molecule has 0 aromatic heterocycles. The number of para-hydroxylation sites is 1. The Hall–Kier alpha value is -1.55. The molecule has 1 rings (SSSR count). The van der Waals surface area contributed by atoms with Crippen molar-refractivity contribution in [1.29, 1.82) is 0 Å². The Morgan fingerprint density at radius 1 is 1.40 bits per heavy atom. The van der Waals surface area contributed by atoms with Gasteiger partial charge in [0.25, 0.3) is 0 Å². The van der Waals surface area contributed by atoms with Crippen LogP contribution in [0.15, 0.2) is 24.3 Å². The van der Waals surface area contributed by atoms with E-state index in [9.17, 15) is 4.79 Å². The second-order valence-electron chi connectivity index (χ2n) is 5.05. The molecular formula is C16H26N2O2. The fourth-order valence-electron chi connectivity index (χ4n) is 2.07. The summed E-state index contributed by atoms with van der Waals surface area (Å²) in [6.07, 6.45) is 1.83. The topological polar surface area (TPSA) is 41.6 Å². The molecule has 0 bridgehead atoms. The molecule has 0 fully saturated rings. The van der Waals surface area contributed by atoms with Gasteiger partial charge >= 0.3 is 0 Å². The van der Waals surface area contributed by atoms with E-state index >= 15 is 0 Å². The Balaban J connectivity index is 2.56. The zero-order valence-corrected chi connectivity index (χ0v) is 13.0. The standard InChI is InChI=1S/C16H26N2O2/c1-5-10-17-12-16(19)18(3)13(2)11-14-8-6-7-9-15(14)20-4/h6-9,13,17H,5,10-12H2,1-4H3. The molecule has 20 heavy (non-hydrogen) atoms. The molecule has 1 atom stereocenters. The molecule has 0 aliphatic carbocycles. The van der Waals surface area contributed by atoms with Crippen molar-refractivity contribution >= 4 is 5.91 Å². The molecule has 1 amide bonds. The number of likely N-dealkylation sites (N-methyl/N-ethyl adjacent to an activating group) is 1. The van der Waals surface area contributed by atoms with E-state index < -0.39 is 0 Å². The summed E-state index contributed by atoms with van der Waals surface area (Å²) >= 11 is 0. The molecule has 0 spiro atoms. The zero-order valence-electron chi connectivity index (χ0n) is 13.0. The van der Waals surface area contributed by atoms with Crippen molar-refractivity contribution in [3.8, 4) is 5.75 Å². The van der Waals surface area contributed by atoms with E-state index in [0.29, 0.717) is 6.54 Å². The first-order valence-electron chi connectivity index (χ1n) is 7.18. The maximum Gasteiger partial charge on any atom is 0.236 e. The Morgan fingerprint density at radius 3 is 2.75 bits per heavy atom. The summed E-state index contributed by atoms with van der Waals surface area (Å²) in [5.41, 5.74) is 1.13. The van der Waals surface area contributed by atoms with Crippen molar-refractivity contribution in [3.05, 3.63) is 29.8 Å². The second kappa shape index (κ2) is 8.59. The third-order valence-corrected chi connectivity index (χ3v) is 3.47. The van der Waals surface area contributed by atoms with Gasteiger partial charge in [0, 0.05) is 13.1 Å². The molecule has 0 aliphatic rings. The second-order valence-corrected chi connectivity index (χ2v) is 5.05. The molecule has 0 heterocycles. The van der Waals surface area contributed by atoms with E-state index in [1.165, 1.54) is 0 Å². The highest BCUT2D eigenvalue weighted by Gasteiger charge is 2.17. The smallest absolute Gasteiger partial charge is 0.236 e. The summed E-state index contributed by atoms with van der Waals surface area (Å²) < 4.78 is 5.35. The molecule has 0 radical (unpaired) electrons. The van der Waals surface area contributed by atoms with Gasteiger partial charge in [0.15, 0.2) is 0 Å². The van der Waals surface area contributed by atoms with E-state index in [2.05, 4.69) is 19.2 Å². The molecule has 1 N–H and O–H groups in total. The van der Waals surface area contributed by atoms with E-state index in [1.807, 2.05) is 31.3 Å². The van der Waals surface area contributed by atoms with Gasteiger partial charge in [-0.1, -0.05) is 25.1 Å². The Kier molecular flexibility index (Phi) is 7.09. The number of carbonyl (C=O) groups is 1. The first-order valence-corrected chi connectivity index (χ1v) is 7.18. The molecular weight excluding hydrogens is 252 g/mol. The van der Waals surface area contributed by atoms with Crippen LogP contribution in [0.3, 0.4) is 0 Å². The number of ether oxygens (including phenoxy) is 1.